The molecule has 0 heterocycles. The van der Waals surface area contributed by atoms with Gasteiger partial charge in [-0.25, -0.2) is 0 Å². The normalized spacial score (nSPS) is 11.8. The molecule has 0 saturated carbocycles. The van der Waals surface area contributed by atoms with E-state index in [0.717, 1.165) is 4.47 Å². The topological polar surface area (TPSA) is 86.2 Å². The fraction of sp³-hybridized carbons (Fsp3) is 0.235. The monoisotopic (exact) mass is 442 g/mol. The van der Waals surface area contributed by atoms with E-state index in [1.165, 1.54) is 33.5 Å². The summed E-state index contributed by atoms with van der Waals surface area (Å²) in [7, 11) is 0.745. The highest BCUT2D eigenvalue weighted by Gasteiger charge is 2.16. The van der Waals surface area contributed by atoms with Gasteiger partial charge in [0.2, 0.25) is 5.75 Å². The Morgan fingerprint density at radius 3 is 2.00 bits per heavy atom. The van der Waals surface area contributed by atoms with E-state index in [9.17, 15) is 8.42 Å². The fourth-order valence-corrected chi connectivity index (χ4v) is 3.27. The van der Waals surface area contributed by atoms with Crippen LogP contribution in [0.15, 0.2) is 50.9 Å². The number of sulfonamides is 1. The molecule has 0 aromatic heterocycles. The van der Waals surface area contributed by atoms with Gasteiger partial charge in [0.1, 0.15) is 0 Å². The smallest absolute Gasteiger partial charge is 0.276 e. The lowest BCUT2D eigenvalue weighted by molar-refractivity contribution is 0.324. The number of ether oxygens (including phenoxy) is 3. The first-order chi connectivity index (χ1) is 12.3. The number of nitrogens with one attached hydrogen (secondary N) is 1. The first kappa shape index (κ1) is 20.1. The lowest BCUT2D eigenvalue weighted by Crippen LogP contribution is -2.20. The molecule has 0 aliphatic heterocycles. The molecule has 0 spiro atoms. The number of hydrogen-bond donors (Lipinski definition) is 1. The first-order valence-corrected chi connectivity index (χ1v) is 9.72. The Hall–Kier alpha value is -2.26. The van der Waals surface area contributed by atoms with Gasteiger partial charge in [-0.15, -0.1) is 0 Å². The maximum absolute atomic E-state index is 12.3. The Morgan fingerprint density at radius 1 is 1.00 bits per heavy atom. The lowest BCUT2D eigenvalue weighted by Gasteiger charge is -2.14. The molecular formula is C17H19BrN2O5S. The van der Waals surface area contributed by atoms with Crippen molar-refractivity contribution in [1.29, 1.82) is 0 Å². The highest BCUT2D eigenvalue weighted by atomic mass is 79.9. The van der Waals surface area contributed by atoms with Crippen LogP contribution in [0.5, 0.6) is 17.2 Å². The van der Waals surface area contributed by atoms with E-state index in [1.807, 2.05) is 0 Å². The van der Waals surface area contributed by atoms with Crippen LogP contribution in [0, 0.1) is 0 Å². The van der Waals surface area contributed by atoms with Crippen LogP contribution in [0.1, 0.15) is 12.5 Å². The fourth-order valence-electron chi connectivity index (χ4n) is 2.15. The molecule has 7 nitrogen and oxygen atoms in total. The second kappa shape index (κ2) is 8.41. The molecule has 0 saturated heterocycles. The molecule has 2 rings (SSSR count). The lowest BCUT2D eigenvalue weighted by atomic mass is 10.1. The van der Waals surface area contributed by atoms with Gasteiger partial charge in [0, 0.05) is 10.0 Å². The van der Waals surface area contributed by atoms with Crippen molar-refractivity contribution in [3.8, 4) is 17.2 Å². The van der Waals surface area contributed by atoms with Gasteiger partial charge in [0.05, 0.1) is 31.9 Å². The second-order valence-electron chi connectivity index (χ2n) is 5.16. The van der Waals surface area contributed by atoms with Crippen molar-refractivity contribution in [2.24, 2.45) is 5.10 Å². The van der Waals surface area contributed by atoms with Crippen LogP contribution in [-0.2, 0) is 10.0 Å². The van der Waals surface area contributed by atoms with Gasteiger partial charge in [-0.05, 0) is 43.3 Å². The zero-order chi connectivity index (χ0) is 19.3. The van der Waals surface area contributed by atoms with E-state index in [4.69, 9.17) is 14.2 Å². The van der Waals surface area contributed by atoms with Crippen molar-refractivity contribution >= 4 is 31.7 Å². The van der Waals surface area contributed by atoms with Gasteiger partial charge in [0.15, 0.2) is 11.5 Å². The zero-order valence-corrected chi connectivity index (χ0v) is 17.1. The molecule has 2 aromatic rings. The third-order valence-corrected chi connectivity index (χ3v) is 5.29. The summed E-state index contributed by atoms with van der Waals surface area (Å²) in [5, 5.41) is 3.99. The minimum Gasteiger partial charge on any atom is -0.493 e. The van der Waals surface area contributed by atoms with Gasteiger partial charge >= 0.3 is 0 Å². The predicted octanol–water partition coefficient (Wildman–Crippen LogP) is 3.18. The Labute approximate surface area is 161 Å². The Bertz CT molecular complexity index is 886. The number of hydrogen-bond acceptors (Lipinski definition) is 6. The Kier molecular flexibility index (Phi) is 6.49. The van der Waals surface area contributed by atoms with Crippen molar-refractivity contribution in [2.45, 2.75) is 11.8 Å². The van der Waals surface area contributed by atoms with Crippen molar-refractivity contribution in [2.75, 3.05) is 21.3 Å². The van der Waals surface area contributed by atoms with Gasteiger partial charge < -0.3 is 14.2 Å². The molecule has 0 fully saturated rings. The maximum Gasteiger partial charge on any atom is 0.276 e. The average molecular weight is 443 g/mol. The minimum absolute atomic E-state index is 0.113. The molecule has 9 heteroatoms. The molecule has 0 atom stereocenters. The van der Waals surface area contributed by atoms with E-state index in [-0.39, 0.29) is 4.90 Å². The molecule has 0 aliphatic rings. The Morgan fingerprint density at radius 2 is 1.54 bits per heavy atom. The van der Waals surface area contributed by atoms with Crippen LogP contribution in [0.3, 0.4) is 0 Å². The molecule has 0 amide bonds. The zero-order valence-electron chi connectivity index (χ0n) is 14.7. The average Bonchev–Trinajstić information content (AvgIpc) is 2.65. The third kappa shape index (κ3) is 4.47. The standard InChI is InChI=1S/C17H19BrN2O5S/c1-11(12-9-15(23-2)17(25-4)16(10-12)24-3)19-20-26(21,22)14-7-5-13(18)6-8-14/h5-10,20H,1-4H3. The van der Waals surface area contributed by atoms with E-state index in [0.29, 0.717) is 28.5 Å². The Balaban J connectivity index is 2.33. The van der Waals surface area contributed by atoms with E-state index in [1.54, 1.807) is 31.2 Å². The number of halogens is 1. The van der Waals surface area contributed by atoms with E-state index >= 15 is 0 Å². The van der Waals surface area contributed by atoms with Crippen LogP contribution in [-0.4, -0.2) is 35.5 Å². The molecule has 1 N–H and O–H groups in total. The highest BCUT2D eigenvalue weighted by molar-refractivity contribution is 9.10. The van der Waals surface area contributed by atoms with Gasteiger partial charge in [-0.1, -0.05) is 15.9 Å². The van der Waals surface area contributed by atoms with E-state index in [2.05, 4.69) is 25.9 Å². The predicted molar refractivity (Wildman–Crippen MR) is 103 cm³/mol. The summed E-state index contributed by atoms with van der Waals surface area (Å²) in [4.78, 5) is 2.34. The van der Waals surface area contributed by atoms with Crippen LogP contribution < -0.4 is 19.0 Å². The molecule has 0 radical (unpaired) electrons. The quantitative estimate of drug-likeness (QED) is 0.525. The summed E-state index contributed by atoms with van der Waals surface area (Å²) < 4.78 is 41.3. The van der Waals surface area contributed by atoms with Crippen LogP contribution in [0.25, 0.3) is 0 Å². The second-order valence-corrected chi connectivity index (χ2v) is 7.74. The highest BCUT2D eigenvalue weighted by Crippen LogP contribution is 2.38. The number of methoxy groups -OCH3 is 3. The van der Waals surface area contributed by atoms with Crippen LogP contribution in [0.2, 0.25) is 0 Å². The van der Waals surface area contributed by atoms with Crippen molar-refractivity contribution in [3.05, 3.63) is 46.4 Å². The number of hydrazone groups is 1. The molecule has 26 heavy (non-hydrogen) atoms. The molecule has 0 unspecified atom stereocenters. The summed E-state index contributed by atoms with van der Waals surface area (Å²) >= 11 is 3.27. The molecular weight excluding hydrogens is 424 g/mol. The summed E-state index contributed by atoms with van der Waals surface area (Å²) in [6.07, 6.45) is 0. The number of rotatable bonds is 7. The van der Waals surface area contributed by atoms with Crippen molar-refractivity contribution in [3.63, 3.8) is 0 Å². The van der Waals surface area contributed by atoms with Gasteiger partial charge in [-0.2, -0.15) is 18.4 Å². The van der Waals surface area contributed by atoms with E-state index < -0.39 is 10.0 Å². The summed E-state index contributed by atoms with van der Waals surface area (Å²) in [5.41, 5.74) is 1.06. The summed E-state index contributed by atoms with van der Waals surface area (Å²) in [5.74, 6) is 1.35. The van der Waals surface area contributed by atoms with Crippen molar-refractivity contribution < 1.29 is 22.6 Å². The van der Waals surface area contributed by atoms with Gasteiger partial charge in [-0.3, -0.25) is 0 Å². The minimum atomic E-state index is -3.77. The number of nitrogens with zero attached hydrogens (tertiary/aromatic N) is 1. The maximum atomic E-state index is 12.3. The molecule has 0 bridgehead atoms. The summed E-state index contributed by atoms with van der Waals surface area (Å²) in [6.45, 7) is 1.67. The molecule has 140 valence electrons. The van der Waals surface area contributed by atoms with Crippen LogP contribution in [0.4, 0.5) is 0 Å². The van der Waals surface area contributed by atoms with Crippen molar-refractivity contribution in [1.82, 2.24) is 4.83 Å². The number of benzene rings is 2. The van der Waals surface area contributed by atoms with Gasteiger partial charge in [0.25, 0.3) is 10.0 Å². The van der Waals surface area contributed by atoms with Crippen LogP contribution >= 0.6 is 15.9 Å². The first-order valence-electron chi connectivity index (χ1n) is 7.44. The SMILES string of the molecule is COc1cc(C(C)=NNS(=O)(=O)c2ccc(Br)cc2)cc(OC)c1OC. The largest absolute Gasteiger partial charge is 0.493 e. The summed E-state index contributed by atoms with van der Waals surface area (Å²) in [6, 6.07) is 9.63. The third-order valence-electron chi connectivity index (χ3n) is 3.54. The molecule has 0 aliphatic carbocycles. The molecule has 2 aromatic carbocycles.